The van der Waals surface area contributed by atoms with Crippen LogP contribution in [-0.2, 0) is 11.2 Å². The van der Waals surface area contributed by atoms with Crippen molar-refractivity contribution in [2.24, 2.45) is 5.73 Å². The Morgan fingerprint density at radius 1 is 0.900 bits per heavy atom. The van der Waals surface area contributed by atoms with Gasteiger partial charge in [0.1, 0.15) is 11.6 Å². The highest BCUT2D eigenvalue weighted by atomic mass is 16.4. The smallest absolute Gasteiger partial charge is 0.320 e. The summed E-state index contributed by atoms with van der Waals surface area (Å²) in [6.45, 7) is 0. The fraction of sp³-hybridized carbons (Fsp3) is 0.0833. The molecule has 0 aliphatic carbocycles. The van der Waals surface area contributed by atoms with E-state index < -0.39 is 17.4 Å². The van der Waals surface area contributed by atoms with Crippen molar-refractivity contribution in [1.29, 1.82) is 0 Å². The van der Waals surface area contributed by atoms with Crippen molar-refractivity contribution < 1.29 is 19.4 Å². The molecule has 1 atom stereocenters. The monoisotopic (exact) mass is 403 g/mol. The first-order valence-corrected chi connectivity index (χ1v) is 9.30. The highest BCUT2D eigenvalue weighted by molar-refractivity contribution is 5.81. The van der Waals surface area contributed by atoms with E-state index in [1.165, 1.54) is 0 Å². The van der Waals surface area contributed by atoms with Crippen LogP contribution in [0.15, 0.2) is 94.1 Å². The van der Waals surface area contributed by atoms with Crippen LogP contribution < -0.4 is 11.2 Å². The molecular formula is C24H21NO5. The number of aromatic hydroxyl groups is 1. The average Bonchev–Trinajstić information content (AvgIpc) is 2.78. The van der Waals surface area contributed by atoms with Crippen LogP contribution in [0, 0.1) is 0 Å². The third-order valence-corrected chi connectivity index (χ3v) is 4.43. The van der Waals surface area contributed by atoms with Gasteiger partial charge in [-0.2, -0.15) is 0 Å². The fourth-order valence-electron chi connectivity index (χ4n) is 2.87. The molecule has 0 radical (unpaired) electrons. The molecule has 0 spiro atoms. The molecule has 1 unspecified atom stereocenters. The van der Waals surface area contributed by atoms with Gasteiger partial charge in [-0.15, -0.1) is 0 Å². The Labute approximate surface area is 172 Å². The summed E-state index contributed by atoms with van der Waals surface area (Å²) < 4.78 is 5.61. The van der Waals surface area contributed by atoms with Crippen LogP contribution in [-0.4, -0.2) is 22.2 Å². The minimum atomic E-state index is -0.959. The lowest BCUT2D eigenvalue weighted by atomic mass is 10.1. The SMILES string of the molecule is NC(Cc1ccccc1)C(=O)O.O=c1c(O)c(-c2ccccc2)oc2ccccc12. The van der Waals surface area contributed by atoms with Crippen molar-refractivity contribution >= 4 is 16.9 Å². The molecule has 0 saturated heterocycles. The Morgan fingerprint density at radius 3 is 2.10 bits per heavy atom. The predicted octanol–water partition coefficient (Wildman–Crippen LogP) is 3.81. The van der Waals surface area contributed by atoms with Gasteiger partial charge in [-0.1, -0.05) is 72.8 Å². The summed E-state index contributed by atoms with van der Waals surface area (Å²) >= 11 is 0. The summed E-state index contributed by atoms with van der Waals surface area (Å²) in [4.78, 5) is 22.4. The molecule has 30 heavy (non-hydrogen) atoms. The summed E-state index contributed by atoms with van der Waals surface area (Å²) in [7, 11) is 0. The number of fused-ring (bicyclic) bond motifs is 1. The number of hydrogen-bond acceptors (Lipinski definition) is 5. The van der Waals surface area contributed by atoms with Gasteiger partial charge in [-0.05, 0) is 24.1 Å². The van der Waals surface area contributed by atoms with Gasteiger partial charge in [0.15, 0.2) is 5.76 Å². The van der Waals surface area contributed by atoms with Crippen molar-refractivity contribution in [3.8, 4) is 17.1 Å². The number of hydrogen-bond donors (Lipinski definition) is 3. The highest BCUT2D eigenvalue weighted by Gasteiger charge is 2.14. The predicted molar refractivity (Wildman–Crippen MR) is 115 cm³/mol. The molecule has 0 aliphatic heterocycles. The zero-order valence-electron chi connectivity index (χ0n) is 16.1. The van der Waals surface area contributed by atoms with E-state index in [0.29, 0.717) is 23.0 Å². The largest absolute Gasteiger partial charge is 0.502 e. The van der Waals surface area contributed by atoms with Crippen molar-refractivity contribution in [3.05, 3.63) is 101 Å². The molecule has 6 heteroatoms. The van der Waals surface area contributed by atoms with Crippen LogP contribution in [0.2, 0.25) is 0 Å². The first kappa shape index (κ1) is 20.8. The van der Waals surface area contributed by atoms with Crippen LogP contribution in [0.3, 0.4) is 0 Å². The molecule has 1 heterocycles. The first-order chi connectivity index (χ1) is 14.5. The molecule has 3 aromatic carbocycles. The molecule has 0 aliphatic rings. The number of carboxylic acids is 1. The van der Waals surface area contributed by atoms with Crippen LogP contribution >= 0.6 is 0 Å². The van der Waals surface area contributed by atoms with E-state index in [1.54, 1.807) is 36.4 Å². The first-order valence-electron chi connectivity index (χ1n) is 9.30. The van der Waals surface area contributed by atoms with Crippen LogP contribution in [0.25, 0.3) is 22.3 Å². The Kier molecular flexibility index (Phi) is 6.62. The lowest BCUT2D eigenvalue weighted by molar-refractivity contribution is -0.138. The van der Waals surface area contributed by atoms with Gasteiger partial charge in [0.2, 0.25) is 11.2 Å². The molecule has 0 fully saturated rings. The standard InChI is InChI=1S/C15H10O3.C9H11NO2/c16-13-11-8-4-5-9-12(11)18-15(14(13)17)10-6-2-1-3-7-10;10-8(9(11)12)6-7-4-2-1-3-5-7/h1-9,17H;1-5,8H,6,10H2,(H,11,12). The van der Waals surface area contributed by atoms with Crippen molar-refractivity contribution in [1.82, 2.24) is 0 Å². The number of rotatable bonds is 4. The summed E-state index contributed by atoms with van der Waals surface area (Å²) in [5.41, 5.74) is 7.04. The molecular weight excluding hydrogens is 382 g/mol. The van der Waals surface area contributed by atoms with Crippen LogP contribution in [0.4, 0.5) is 0 Å². The fourth-order valence-corrected chi connectivity index (χ4v) is 2.87. The van der Waals surface area contributed by atoms with E-state index in [4.69, 9.17) is 15.3 Å². The minimum absolute atomic E-state index is 0.208. The number of benzene rings is 3. The highest BCUT2D eigenvalue weighted by Crippen LogP contribution is 2.29. The molecule has 4 rings (SSSR count). The quantitative estimate of drug-likeness (QED) is 0.477. The van der Waals surface area contributed by atoms with Crippen molar-refractivity contribution in [2.75, 3.05) is 0 Å². The Balaban J connectivity index is 0.000000187. The van der Waals surface area contributed by atoms with E-state index in [9.17, 15) is 14.7 Å². The molecule has 0 saturated carbocycles. The topological polar surface area (TPSA) is 114 Å². The summed E-state index contributed by atoms with van der Waals surface area (Å²) in [6.07, 6.45) is 0.385. The number of carbonyl (C=O) groups is 1. The zero-order valence-corrected chi connectivity index (χ0v) is 16.1. The molecule has 4 N–H and O–H groups in total. The van der Waals surface area contributed by atoms with E-state index in [2.05, 4.69) is 0 Å². The average molecular weight is 403 g/mol. The summed E-state index contributed by atoms with van der Waals surface area (Å²) in [5.74, 6) is -1.10. The number of carboxylic acid groups (broad SMARTS) is 1. The lowest BCUT2D eigenvalue weighted by Crippen LogP contribution is -2.32. The van der Waals surface area contributed by atoms with E-state index in [-0.39, 0.29) is 11.5 Å². The van der Waals surface area contributed by atoms with Crippen molar-refractivity contribution in [3.63, 3.8) is 0 Å². The Morgan fingerprint density at radius 2 is 1.47 bits per heavy atom. The van der Waals surface area contributed by atoms with Crippen LogP contribution in [0.5, 0.6) is 5.75 Å². The zero-order chi connectivity index (χ0) is 21.5. The van der Waals surface area contributed by atoms with E-state index in [0.717, 1.165) is 5.56 Å². The minimum Gasteiger partial charge on any atom is -0.502 e. The maximum atomic E-state index is 12.0. The Bertz CT molecular complexity index is 1190. The number of nitrogens with two attached hydrogens (primary N) is 1. The van der Waals surface area contributed by atoms with Gasteiger partial charge >= 0.3 is 5.97 Å². The molecule has 152 valence electrons. The van der Waals surface area contributed by atoms with Gasteiger partial charge in [-0.25, -0.2) is 0 Å². The van der Waals surface area contributed by atoms with E-state index >= 15 is 0 Å². The maximum Gasteiger partial charge on any atom is 0.320 e. The van der Waals surface area contributed by atoms with Gasteiger partial charge in [-0.3, -0.25) is 9.59 Å². The normalized spacial score (nSPS) is 11.4. The van der Waals surface area contributed by atoms with Gasteiger partial charge in [0.25, 0.3) is 0 Å². The lowest BCUT2D eigenvalue weighted by Gasteiger charge is -2.05. The van der Waals surface area contributed by atoms with Crippen molar-refractivity contribution in [2.45, 2.75) is 12.5 Å². The van der Waals surface area contributed by atoms with Gasteiger partial charge < -0.3 is 20.4 Å². The molecule has 6 nitrogen and oxygen atoms in total. The van der Waals surface area contributed by atoms with E-state index in [1.807, 2.05) is 48.5 Å². The Hall–Kier alpha value is -3.90. The maximum absolute atomic E-state index is 12.0. The summed E-state index contributed by atoms with van der Waals surface area (Å²) in [6, 6.07) is 24.5. The molecule has 0 amide bonds. The second-order valence-corrected chi connectivity index (χ2v) is 6.61. The van der Waals surface area contributed by atoms with Gasteiger partial charge in [0, 0.05) is 5.56 Å². The number of para-hydroxylation sites is 1. The summed E-state index contributed by atoms with van der Waals surface area (Å²) in [5, 5.41) is 18.8. The molecule has 4 aromatic rings. The third-order valence-electron chi connectivity index (χ3n) is 4.43. The number of aliphatic carboxylic acids is 1. The van der Waals surface area contributed by atoms with Gasteiger partial charge in [0.05, 0.1) is 5.39 Å². The second kappa shape index (κ2) is 9.54. The molecule has 1 aromatic heterocycles. The molecule has 0 bridgehead atoms. The third kappa shape index (κ3) is 4.92. The van der Waals surface area contributed by atoms with Crippen LogP contribution in [0.1, 0.15) is 5.56 Å². The second-order valence-electron chi connectivity index (χ2n) is 6.61.